The van der Waals surface area contributed by atoms with Gasteiger partial charge in [-0.2, -0.15) is 0 Å². The maximum atomic E-state index is 10.3. The summed E-state index contributed by atoms with van der Waals surface area (Å²) >= 11 is 0. The first kappa shape index (κ1) is 12.1. The van der Waals surface area contributed by atoms with Crippen molar-refractivity contribution in [2.24, 2.45) is 0 Å². The molecule has 5 heteroatoms. The summed E-state index contributed by atoms with van der Waals surface area (Å²) in [5, 5.41) is 19.2. The number of hydrogen-bond acceptors (Lipinski definition) is 3. The maximum Gasteiger partial charge on any atom is 1.00 e. The third-order valence-corrected chi connectivity index (χ3v) is 1.38. The summed E-state index contributed by atoms with van der Waals surface area (Å²) in [5.41, 5.74) is 0.498. The van der Waals surface area contributed by atoms with Crippen molar-refractivity contribution in [3.63, 3.8) is 0 Å². The van der Waals surface area contributed by atoms with Gasteiger partial charge < -0.3 is 6.53 Å². The quantitative estimate of drug-likeness (QED) is 0.343. The zero-order valence-electron chi connectivity index (χ0n) is 7.94. The van der Waals surface area contributed by atoms with E-state index in [2.05, 4.69) is 0 Å². The Hall–Kier alpha value is 0.0564. The van der Waals surface area contributed by atoms with Crippen molar-refractivity contribution in [2.45, 2.75) is 6.92 Å². The Kier molecular flexibility index (Phi) is 4.96. The first-order valence-electron chi connectivity index (χ1n) is 3.05. The summed E-state index contributed by atoms with van der Waals surface area (Å²) in [7, 11) is 0. The topological polar surface area (TPSA) is 63.4 Å². The van der Waals surface area contributed by atoms with Crippen LogP contribution in [-0.4, -0.2) is 10.0 Å². The van der Waals surface area contributed by atoms with Crippen LogP contribution in [0.3, 0.4) is 0 Å². The predicted molar refractivity (Wildman–Crippen MR) is 40.6 cm³/mol. The van der Waals surface area contributed by atoms with Gasteiger partial charge in [-0.05, 0) is 19.1 Å². The first-order valence-corrected chi connectivity index (χ1v) is 3.05. The van der Waals surface area contributed by atoms with Crippen molar-refractivity contribution < 1.29 is 62.8 Å². The number of nitrogens with zero attached hydrogens (tertiary/aromatic N) is 1. The minimum Gasteiger partial charge on any atom is -1.00 e. The molecule has 0 unspecified atom stereocenters. The van der Waals surface area contributed by atoms with Gasteiger partial charge in [0.15, 0.2) is 0 Å². The molecule has 0 amide bonds. The van der Waals surface area contributed by atoms with Crippen LogP contribution in [0.15, 0.2) is 18.2 Å². The summed E-state index contributed by atoms with van der Waals surface area (Å²) in [6, 6.07) is 3.94. The van der Waals surface area contributed by atoms with Crippen molar-refractivity contribution in [2.75, 3.05) is 0 Å². The van der Waals surface area contributed by atoms with Crippen LogP contribution in [0.1, 0.15) is 6.99 Å². The van der Waals surface area contributed by atoms with E-state index in [4.69, 9.17) is 5.11 Å². The van der Waals surface area contributed by atoms with Crippen LogP contribution in [0.4, 0.5) is 5.69 Å². The fourth-order valence-corrected chi connectivity index (χ4v) is 0.844. The summed E-state index contributed by atoms with van der Waals surface area (Å²) in [4.78, 5) is 9.78. The molecule has 0 aliphatic heterocycles. The smallest absolute Gasteiger partial charge is 1.00 e. The SMILES string of the molecule is Cc1cc(O)ccc1[N+](=O)[O-].[H-].[K+]. The molecule has 0 aliphatic carbocycles. The van der Waals surface area contributed by atoms with Gasteiger partial charge in [0, 0.05) is 11.6 Å². The molecule has 60 valence electrons. The van der Waals surface area contributed by atoms with Crippen molar-refractivity contribution >= 4 is 5.69 Å². The average Bonchev–Trinajstić information content (AvgIpc) is 1.85. The van der Waals surface area contributed by atoms with Crippen molar-refractivity contribution in [3.8, 4) is 5.75 Å². The van der Waals surface area contributed by atoms with Crippen LogP contribution in [0.5, 0.6) is 5.75 Å². The molecule has 1 N–H and O–H groups in total. The maximum absolute atomic E-state index is 10.3. The number of hydrogen-bond donors (Lipinski definition) is 1. The molecule has 0 fully saturated rings. The van der Waals surface area contributed by atoms with Gasteiger partial charge in [-0.3, -0.25) is 10.1 Å². The van der Waals surface area contributed by atoms with Gasteiger partial charge in [-0.1, -0.05) is 0 Å². The first-order chi connectivity index (χ1) is 5.11. The second-order valence-electron chi connectivity index (χ2n) is 2.23. The molecule has 1 aromatic rings. The summed E-state index contributed by atoms with van der Waals surface area (Å²) in [6.45, 7) is 1.58. The fourth-order valence-electron chi connectivity index (χ4n) is 0.844. The Morgan fingerprint density at radius 1 is 1.58 bits per heavy atom. The zero-order chi connectivity index (χ0) is 8.43. The number of rotatable bonds is 1. The second-order valence-corrected chi connectivity index (χ2v) is 2.23. The van der Waals surface area contributed by atoms with Crippen LogP contribution in [0.25, 0.3) is 0 Å². The van der Waals surface area contributed by atoms with E-state index in [1.54, 1.807) is 6.92 Å². The molecule has 0 aromatic heterocycles. The zero-order valence-corrected chi connectivity index (χ0v) is 10.1. The monoisotopic (exact) mass is 193 g/mol. The van der Waals surface area contributed by atoms with Gasteiger partial charge in [0.05, 0.1) is 4.92 Å². The molecule has 0 aliphatic rings. The van der Waals surface area contributed by atoms with E-state index in [0.717, 1.165) is 0 Å². The minimum atomic E-state index is -0.477. The molecule has 0 atom stereocenters. The van der Waals surface area contributed by atoms with Crippen molar-refractivity contribution in [1.82, 2.24) is 0 Å². The van der Waals surface area contributed by atoms with E-state index < -0.39 is 4.92 Å². The Bertz CT molecular complexity index is 306. The molecule has 0 spiro atoms. The largest absolute Gasteiger partial charge is 1.00 e. The van der Waals surface area contributed by atoms with Gasteiger partial charge in [0.1, 0.15) is 5.75 Å². The fraction of sp³-hybridized carbons (Fsp3) is 0.143. The number of aryl methyl sites for hydroxylation is 1. The Morgan fingerprint density at radius 3 is 2.58 bits per heavy atom. The molecule has 12 heavy (non-hydrogen) atoms. The number of nitro groups is 1. The molecule has 0 radical (unpaired) electrons. The van der Waals surface area contributed by atoms with Crippen LogP contribution in [0.2, 0.25) is 0 Å². The molecule has 4 nitrogen and oxygen atoms in total. The summed E-state index contributed by atoms with van der Waals surface area (Å²) in [6.07, 6.45) is 0. The number of benzene rings is 1. The average molecular weight is 193 g/mol. The van der Waals surface area contributed by atoms with E-state index in [-0.39, 0.29) is 64.2 Å². The molecule has 1 aromatic carbocycles. The minimum absolute atomic E-state index is 0. The van der Waals surface area contributed by atoms with Gasteiger partial charge in [0.25, 0.3) is 5.69 Å². The molecule has 0 saturated carbocycles. The second kappa shape index (κ2) is 4.93. The van der Waals surface area contributed by atoms with E-state index in [1.165, 1.54) is 18.2 Å². The van der Waals surface area contributed by atoms with E-state index in [1.807, 2.05) is 0 Å². The number of aromatic hydroxyl groups is 1. The number of phenols is 1. The van der Waals surface area contributed by atoms with E-state index >= 15 is 0 Å². The summed E-state index contributed by atoms with van der Waals surface area (Å²) < 4.78 is 0. The van der Waals surface area contributed by atoms with Crippen LogP contribution in [-0.2, 0) is 0 Å². The third kappa shape index (κ3) is 2.84. The third-order valence-electron chi connectivity index (χ3n) is 1.38. The van der Waals surface area contributed by atoms with Crippen LogP contribution >= 0.6 is 0 Å². The van der Waals surface area contributed by atoms with E-state index in [0.29, 0.717) is 5.56 Å². The predicted octanol–water partition coefficient (Wildman–Crippen LogP) is -1.27. The van der Waals surface area contributed by atoms with Crippen LogP contribution in [0, 0.1) is 17.0 Å². The van der Waals surface area contributed by atoms with Crippen molar-refractivity contribution in [3.05, 3.63) is 33.9 Å². The molecule has 0 bridgehead atoms. The number of nitro benzene ring substituents is 1. The Balaban J connectivity index is 0. The van der Waals surface area contributed by atoms with Gasteiger partial charge in [0.2, 0.25) is 0 Å². The standard InChI is InChI=1S/C7H7NO3.K.H/c1-5-4-6(9)2-3-7(5)8(10)11;;/h2-4,9H,1H3;;/q;+1;-1. The van der Waals surface area contributed by atoms with Crippen molar-refractivity contribution in [1.29, 1.82) is 0 Å². The number of phenolic OH excluding ortho intramolecular Hbond substituents is 1. The summed E-state index contributed by atoms with van der Waals surface area (Å²) in [5.74, 6) is 0.0492. The molecule has 0 heterocycles. The van der Waals surface area contributed by atoms with Gasteiger partial charge in [-0.25, -0.2) is 0 Å². The van der Waals surface area contributed by atoms with Gasteiger partial charge >= 0.3 is 51.4 Å². The van der Waals surface area contributed by atoms with Crippen LogP contribution < -0.4 is 51.4 Å². The van der Waals surface area contributed by atoms with E-state index in [9.17, 15) is 10.1 Å². The molecular weight excluding hydrogens is 185 g/mol. The van der Waals surface area contributed by atoms with Gasteiger partial charge in [-0.15, -0.1) is 0 Å². The Morgan fingerprint density at radius 2 is 2.17 bits per heavy atom. The molecule has 1 rings (SSSR count). The molecule has 0 saturated heterocycles. The Labute approximate surface area is 114 Å². The normalized spacial score (nSPS) is 8.75. The molecular formula is C7H8KNO3.